The molecule has 1 fully saturated rings. The molecule has 0 aliphatic carbocycles. The van der Waals surface area contributed by atoms with Gasteiger partial charge in [-0.15, -0.1) is 0 Å². The minimum Gasteiger partial charge on any atom is -0.373 e. The molecule has 0 bridgehead atoms. The number of piperidine rings is 1. The third-order valence-corrected chi connectivity index (χ3v) is 5.79. The molecule has 1 saturated heterocycles. The minimum atomic E-state index is -0.352. The first-order valence-electron chi connectivity index (χ1n) is 10.6. The van der Waals surface area contributed by atoms with Crippen LogP contribution in [-0.4, -0.2) is 70.4 Å². The average molecular weight is 442 g/mol. The predicted octanol–water partition coefficient (Wildman–Crippen LogP) is 1.64. The molecule has 0 unspecified atom stereocenters. The van der Waals surface area contributed by atoms with Crippen molar-refractivity contribution in [3.63, 3.8) is 0 Å². The molecule has 0 atom stereocenters. The quantitative estimate of drug-likeness (QED) is 0.510. The number of aromatic nitrogens is 4. The third kappa shape index (κ3) is 4.15. The van der Waals surface area contributed by atoms with Crippen molar-refractivity contribution in [3.8, 4) is 0 Å². The highest BCUT2D eigenvalue weighted by atomic mass is 19.1. The summed E-state index contributed by atoms with van der Waals surface area (Å²) in [5, 5.41) is 12.9. The first kappa shape index (κ1) is 21.8. The van der Waals surface area contributed by atoms with E-state index in [9.17, 15) is 14.0 Å². The molecule has 0 saturated carbocycles. The average Bonchev–Trinajstić information content (AvgIpc) is 3.24. The molecular formula is C21H27FN8O2. The van der Waals surface area contributed by atoms with E-state index >= 15 is 0 Å². The highest BCUT2D eigenvalue weighted by molar-refractivity contribution is 5.99. The summed E-state index contributed by atoms with van der Waals surface area (Å²) in [6.45, 7) is 1.63. The summed E-state index contributed by atoms with van der Waals surface area (Å²) in [5.41, 5.74) is 0.941. The minimum absolute atomic E-state index is 0.0677. The highest BCUT2D eigenvalue weighted by Crippen LogP contribution is 2.23. The summed E-state index contributed by atoms with van der Waals surface area (Å²) >= 11 is 0. The van der Waals surface area contributed by atoms with Crippen LogP contribution in [0.5, 0.6) is 0 Å². The van der Waals surface area contributed by atoms with Crippen LogP contribution in [0.1, 0.15) is 29.2 Å². The first-order chi connectivity index (χ1) is 15.5. The lowest BCUT2D eigenvalue weighted by atomic mass is 10.0. The summed E-state index contributed by atoms with van der Waals surface area (Å²) in [6.07, 6.45) is 4.83. The fourth-order valence-corrected chi connectivity index (χ4v) is 4.07. The second-order valence-corrected chi connectivity index (χ2v) is 7.67. The van der Waals surface area contributed by atoms with Crippen LogP contribution in [-0.2, 0) is 0 Å². The summed E-state index contributed by atoms with van der Waals surface area (Å²) in [7, 11) is 3.28. The van der Waals surface area contributed by atoms with Gasteiger partial charge in [-0.1, -0.05) is 0 Å². The van der Waals surface area contributed by atoms with Gasteiger partial charge in [-0.25, -0.2) is 9.37 Å². The number of anilines is 3. The van der Waals surface area contributed by atoms with Gasteiger partial charge < -0.3 is 25.4 Å². The number of hydrogen-bond donors (Lipinski definition) is 3. The number of fused-ring (bicyclic) bond motifs is 1. The highest BCUT2D eigenvalue weighted by Gasteiger charge is 2.22. The van der Waals surface area contributed by atoms with E-state index in [0.717, 1.165) is 25.9 Å². The van der Waals surface area contributed by atoms with E-state index in [1.54, 1.807) is 37.0 Å². The number of nitrogens with one attached hydrogen (secondary N) is 3. The molecule has 10 nitrogen and oxygen atoms in total. The Morgan fingerprint density at radius 1 is 1.28 bits per heavy atom. The summed E-state index contributed by atoms with van der Waals surface area (Å²) in [5.74, 6) is 0.733. The standard InChI is InChI=1S/C21H27FN8O2/c1-23-18-12-17(27-19-15(20(31)24-2)13-25-30(18)19)26-16-4-3-8-29(21(16)32)14-5-9-28(10-6-14)11-7-22/h3-4,8,12-14,23H,5-7,9-11H2,1-2H3,(H,24,31)(H,26,27). The van der Waals surface area contributed by atoms with Crippen LogP contribution in [0.2, 0.25) is 0 Å². The fourth-order valence-electron chi connectivity index (χ4n) is 4.07. The van der Waals surface area contributed by atoms with Gasteiger partial charge in [0.1, 0.15) is 29.6 Å². The van der Waals surface area contributed by atoms with Crippen molar-refractivity contribution in [3.05, 3.63) is 46.5 Å². The molecule has 0 radical (unpaired) electrons. The number of carbonyl (C=O) groups excluding carboxylic acids is 1. The SMILES string of the molecule is CNC(=O)c1cnn2c(NC)cc(Nc3cccn(C4CCN(CCF)CC4)c3=O)nc12. The molecule has 4 rings (SSSR count). The molecule has 1 aliphatic rings. The van der Waals surface area contributed by atoms with Gasteiger partial charge in [-0.05, 0) is 25.0 Å². The van der Waals surface area contributed by atoms with E-state index in [1.807, 2.05) is 6.07 Å². The Balaban J connectivity index is 1.63. The van der Waals surface area contributed by atoms with Gasteiger partial charge in [-0.3, -0.25) is 9.59 Å². The second-order valence-electron chi connectivity index (χ2n) is 7.67. The van der Waals surface area contributed by atoms with Crippen molar-refractivity contribution in [1.82, 2.24) is 29.4 Å². The lowest BCUT2D eigenvalue weighted by Crippen LogP contribution is -2.38. The maximum Gasteiger partial charge on any atom is 0.274 e. The van der Waals surface area contributed by atoms with Crippen LogP contribution in [0.3, 0.4) is 0 Å². The predicted molar refractivity (Wildman–Crippen MR) is 121 cm³/mol. The van der Waals surface area contributed by atoms with Crippen molar-refractivity contribution in [2.24, 2.45) is 0 Å². The number of carbonyl (C=O) groups is 1. The Kier molecular flexibility index (Phi) is 6.35. The van der Waals surface area contributed by atoms with Crippen LogP contribution in [0.4, 0.5) is 21.7 Å². The molecule has 4 heterocycles. The van der Waals surface area contributed by atoms with Gasteiger partial charge in [0, 0.05) is 52.0 Å². The molecule has 1 aliphatic heterocycles. The zero-order valence-corrected chi connectivity index (χ0v) is 18.1. The smallest absolute Gasteiger partial charge is 0.274 e. The number of halogens is 1. The Hall–Kier alpha value is -3.47. The van der Waals surface area contributed by atoms with Crippen LogP contribution in [0, 0.1) is 0 Å². The van der Waals surface area contributed by atoms with Crippen molar-refractivity contribution in [2.45, 2.75) is 18.9 Å². The summed E-state index contributed by atoms with van der Waals surface area (Å²) in [4.78, 5) is 31.9. The van der Waals surface area contributed by atoms with Gasteiger partial charge in [-0.2, -0.15) is 9.61 Å². The van der Waals surface area contributed by atoms with Crippen molar-refractivity contribution < 1.29 is 9.18 Å². The molecule has 170 valence electrons. The zero-order chi connectivity index (χ0) is 22.7. The van der Waals surface area contributed by atoms with Gasteiger partial charge in [0.05, 0.1) is 6.20 Å². The molecule has 3 aromatic heterocycles. The lowest BCUT2D eigenvalue weighted by Gasteiger charge is -2.32. The van der Waals surface area contributed by atoms with Crippen molar-refractivity contribution >= 4 is 28.9 Å². The van der Waals surface area contributed by atoms with Crippen LogP contribution < -0.4 is 21.5 Å². The zero-order valence-electron chi connectivity index (χ0n) is 18.1. The van der Waals surface area contributed by atoms with E-state index in [4.69, 9.17) is 0 Å². The molecule has 1 amide bonds. The number of pyridine rings is 1. The van der Waals surface area contributed by atoms with Crippen molar-refractivity contribution in [2.75, 3.05) is 51.0 Å². The Bertz CT molecular complexity index is 1170. The van der Waals surface area contributed by atoms with Gasteiger partial charge in [0.15, 0.2) is 5.65 Å². The molecule has 0 spiro atoms. The van der Waals surface area contributed by atoms with E-state index in [2.05, 4.69) is 30.9 Å². The monoisotopic (exact) mass is 442 g/mol. The van der Waals surface area contributed by atoms with Gasteiger partial charge in [0.2, 0.25) is 0 Å². The Morgan fingerprint density at radius 3 is 2.75 bits per heavy atom. The molecule has 0 aromatic carbocycles. The second kappa shape index (κ2) is 9.35. The number of hydrogen-bond acceptors (Lipinski definition) is 7. The summed E-state index contributed by atoms with van der Waals surface area (Å²) in [6, 6.07) is 5.32. The largest absolute Gasteiger partial charge is 0.373 e. The number of amides is 1. The lowest BCUT2D eigenvalue weighted by molar-refractivity contribution is 0.0964. The van der Waals surface area contributed by atoms with Crippen LogP contribution in [0.15, 0.2) is 35.4 Å². The summed E-state index contributed by atoms with van der Waals surface area (Å²) < 4.78 is 15.9. The number of likely N-dealkylation sites (tertiary alicyclic amines) is 1. The van der Waals surface area contributed by atoms with Gasteiger partial charge >= 0.3 is 0 Å². The van der Waals surface area contributed by atoms with E-state index < -0.39 is 0 Å². The maximum atomic E-state index is 13.2. The van der Waals surface area contributed by atoms with E-state index in [0.29, 0.717) is 35.1 Å². The number of nitrogens with zero attached hydrogens (tertiary/aromatic N) is 5. The van der Waals surface area contributed by atoms with Gasteiger partial charge in [0.25, 0.3) is 11.5 Å². The van der Waals surface area contributed by atoms with Crippen molar-refractivity contribution in [1.29, 1.82) is 0 Å². The number of rotatable bonds is 7. The molecule has 32 heavy (non-hydrogen) atoms. The molecule has 3 aromatic rings. The normalized spacial score (nSPS) is 15.1. The Morgan fingerprint density at radius 2 is 2.06 bits per heavy atom. The maximum absolute atomic E-state index is 13.2. The molecule has 3 N–H and O–H groups in total. The van der Waals surface area contributed by atoms with Crippen LogP contribution in [0.25, 0.3) is 5.65 Å². The van der Waals surface area contributed by atoms with E-state index in [-0.39, 0.29) is 24.2 Å². The molecular weight excluding hydrogens is 415 g/mol. The topological polar surface area (TPSA) is 109 Å². The first-order valence-corrected chi connectivity index (χ1v) is 10.6. The Labute approximate surface area is 184 Å². The fraction of sp³-hybridized carbons (Fsp3) is 0.429. The van der Waals surface area contributed by atoms with Crippen LogP contribution >= 0.6 is 0 Å². The third-order valence-electron chi connectivity index (χ3n) is 5.79. The number of alkyl halides is 1. The van der Waals surface area contributed by atoms with E-state index in [1.165, 1.54) is 10.7 Å². The molecule has 11 heteroatoms.